The number of carbonyl (C=O) groups excluding carboxylic acids is 4. The number of aliphatic hydroxyl groups is 1. The van der Waals surface area contributed by atoms with Crippen molar-refractivity contribution in [1.82, 2.24) is 24.3 Å². The zero-order valence-corrected chi connectivity index (χ0v) is 35.5. The molecule has 0 saturated carbocycles. The summed E-state index contributed by atoms with van der Waals surface area (Å²) in [6, 6.07) is 1.83. The van der Waals surface area contributed by atoms with Crippen molar-refractivity contribution in [3.05, 3.63) is 36.8 Å². The van der Waals surface area contributed by atoms with Crippen LogP contribution < -0.4 is 0 Å². The van der Waals surface area contributed by atoms with Crippen molar-refractivity contribution >= 4 is 23.6 Å². The minimum atomic E-state index is -1.28. The molecular weight excluding hydrogens is 753 g/mol. The molecule has 0 radical (unpaired) electrons. The molecule has 5 rings (SSSR count). The van der Waals surface area contributed by atoms with Gasteiger partial charge in [-0.2, -0.15) is 4.39 Å². The summed E-state index contributed by atoms with van der Waals surface area (Å²) in [4.78, 5) is 67.8. The summed E-state index contributed by atoms with van der Waals surface area (Å²) >= 11 is 0. The Morgan fingerprint density at radius 1 is 1.00 bits per heavy atom. The van der Waals surface area contributed by atoms with Crippen LogP contribution in [0.3, 0.4) is 0 Å². The average molecular weight is 816 g/mol. The number of cyclic esters (lactones) is 1. The Balaban J connectivity index is 1.40. The van der Waals surface area contributed by atoms with E-state index in [0.29, 0.717) is 37.1 Å². The number of nitrogens with zero attached hydrogens (tertiary/aromatic N) is 5. The van der Waals surface area contributed by atoms with Gasteiger partial charge in [0.05, 0.1) is 35.9 Å². The molecule has 13 atom stereocenters. The predicted octanol–water partition coefficient (Wildman–Crippen LogP) is 4.68. The van der Waals surface area contributed by atoms with E-state index in [9.17, 15) is 28.7 Å². The number of hydrogen-bond acceptors (Lipinski definition) is 13. The monoisotopic (exact) mass is 815 g/mol. The van der Waals surface area contributed by atoms with Crippen molar-refractivity contribution in [3.63, 3.8) is 0 Å². The van der Waals surface area contributed by atoms with Gasteiger partial charge in [0.15, 0.2) is 18.2 Å². The van der Waals surface area contributed by atoms with Crippen LogP contribution in [-0.2, 0) is 44.6 Å². The first-order valence-corrected chi connectivity index (χ1v) is 20.5. The van der Waals surface area contributed by atoms with Crippen molar-refractivity contribution in [2.75, 3.05) is 27.7 Å². The molecule has 2 aromatic heterocycles. The van der Waals surface area contributed by atoms with Crippen molar-refractivity contribution in [2.45, 2.75) is 142 Å². The van der Waals surface area contributed by atoms with Gasteiger partial charge in [-0.1, -0.05) is 27.7 Å². The third-order valence-electron chi connectivity index (χ3n) is 12.4. The lowest BCUT2D eigenvalue weighted by atomic mass is 9.75. The molecular formula is C42H62FN5O10. The second-order valence-electron chi connectivity index (χ2n) is 16.8. The molecule has 16 heteroatoms. The first-order valence-electron chi connectivity index (χ1n) is 20.5. The highest BCUT2D eigenvalue weighted by Crippen LogP contribution is 2.39. The average Bonchev–Trinajstić information content (AvgIpc) is 3.80. The number of amides is 1. The topological polar surface area (TPSA) is 172 Å². The molecule has 1 N–H and O–H groups in total. The number of ether oxygens (including phenoxy) is 5. The number of pyridine rings is 1. The molecule has 3 aliphatic heterocycles. The Labute approximate surface area is 340 Å². The maximum absolute atomic E-state index is 14.6. The van der Waals surface area contributed by atoms with Crippen LogP contribution >= 0.6 is 0 Å². The second-order valence-corrected chi connectivity index (χ2v) is 16.8. The fourth-order valence-corrected chi connectivity index (χ4v) is 8.90. The normalized spacial score (nSPS) is 35.4. The molecule has 1 amide bonds. The second kappa shape index (κ2) is 19.0. The fraction of sp³-hybridized carbons (Fsp3) is 0.714. The number of unbranched alkanes of at least 4 members (excludes halogenated alkanes) is 1. The number of hydrogen-bond donors (Lipinski definition) is 1. The Morgan fingerprint density at radius 3 is 2.34 bits per heavy atom. The third kappa shape index (κ3) is 9.78. The number of Topliss-reactive ketones (excluding diaryl/α,β-unsaturated/α-hetero) is 2. The van der Waals surface area contributed by atoms with E-state index in [4.69, 9.17) is 23.7 Å². The summed E-state index contributed by atoms with van der Waals surface area (Å²) in [5.41, 5.74) is 0.0636. The van der Waals surface area contributed by atoms with Gasteiger partial charge in [0.1, 0.15) is 23.9 Å². The van der Waals surface area contributed by atoms with E-state index in [0.717, 1.165) is 0 Å². The van der Waals surface area contributed by atoms with Gasteiger partial charge in [-0.05, 0) is 79.1 Å². The summed E-state index contributed by atoms with van der Waals surface area (Å²) in [5, 5.41) is 11.4. The molecule has 58 heavy (non-hydrogen) atoms. The van der Waals surface area contributed by atoms with E-state index in [1.807, 2.05) is 36.7 Å². The van der Waals surface area contributed by atoms with E-state index < -0.39 is 89.8 Å². The molecule has 3 fully saturated rings. The summed E-state index contributed by atoms with van der Waals surface area (Å²) in [6.45, 7) is 13.0. The van der Waals surface area contributed by atoms with Crippen LogP contribution in [0, 0.1) is 29.6 Å². The lowest BCUT2D eigenvalue weighted by Crippen LogP contribution is -2.59. The molecule has 322 valence electrons. The fourth-order valence-electron chi connectivity index (χ4n) is 8.90. The number of aromatic nitrogens is 3. The van der Waals surface area contributed by atoms with Gasteiger partial charge in [0, 0.05) is 62.0 Å². The first kappa shape index (κ1) is 45.3. The quantitative estimate of drug-likeness (QED) is 0.144. The molecule has 0 spiro atoms. The van der Waals surface area contributed by atoms with E-state index in [-0.39, 0.29) is 37.3 Å². The third-order valence-corrected chi connectivity index (χ3v) is 12.4. The number of likely N-dealkylation sites (N-methyl/N-ethyl adjacent to an activating group) is 1. The summed E-state index contributed by atoms with van der Waals surface area (Å²) in [6.07, 6.45) is 1.10. The number of halogens is 1. The van der Waals surface area contributed by atoms with Gasteiger partial charge in [0.2, 0.25) is 5.95 Å². The number of esters is 1. The van der Waals surface area contributed by atoms with Gasteiger partial charge in [-0.3, -0.25) is 14.4 Å². The molecule has 0 unspecified atom stereocenters. The zero-order chi connectivity index (χ0) is 42.6. The van der Waals surface area contributed by atoms with Gasteiger partial charge in [-0.15, -0.1) is 0 Å². The number of methoxy groups -OCH3 is 1. The summed E-state index contributed by atoms with van der Waals surface area (Å²) < 4.78 is 46.0. The summed E-state index contributed by atoms with van der Waals surface area (Å²) in [7, 11) is 5.21. The van der Waals surface area contributed by atoms with Crippen LogP contribution in [0.15, 0.2) is 30.9 Å². The minimum absolute atomic E-state index is 0.119. The highest BCUT2D eigenvalue weighted by molar-refractivity contribution is 6.00. The minimum Gasteiger partial charge on any atom is -0.458 e. The van der Waals surface area contributed by atoms with Crippen LogP contribution in [0.4, 0.5) is 9.18 Å². The highest BCUT2D eigenvalue weighted by atomic mass is 19.1. The number of ketones is 2. The Morgan fingerprint density at radius 2 is 1.71 bits per heavy atom. The predicted molar refractivity (Wildman–Crippen MR) is 210 cm³/mol. The lowest BCUT2D eigenvalue weighted by molar-refractivity contribution is -0.295. The van der Waals surface area contributed by atoms with Crippen LogP contribution in [0.2, 0.25) is 0 Å². The van der Waals surface area contributed by atoms with E-state index in [1.165, 1.54) is 26.3 Å². The Bertz CT molecular complexity index is 1740. The molecule has 2 aromatic rings. The van der Waals surface area contributed by atoms with Gasteiger partial charge < -0.3 is 43.2 Å². The van der Waals surface area contributed by atoms with Crippen LogP contribution in [-0.4, -0.2) is 135 Å². The Hall–Kier alpha value is -3.83. The molecule has 0 bridgehead atoms. The van der Waals surface area contributed by atoms with E-state index >= 15 is 0 Å². The number of aliphatic hydroxyl groups excluding tert-OH is 1. The number of rotatable bonds is 11. The van der Waals surface area contributed by atoms with Gasteiger partial charge in [0.25, 0.3) is 0 Å². The van der Waals surface area contributed by atoms with Crippen LogP contribution in [0.1, 0.15) is 80.6 Å². The molecule has 5 heterocycles. The van der Waals surface area contributed by atoms with Crippen molar-refractivity contribution in [3.8, 4) is 11.3 Å². The zero-order valence-electron chi connectivity index (χ0n) is 35.5. The molecule has 3 aliphatic rings. The molecule has 0 aromatic carbocycles. The highest BCUT2D eigenvalue weighted by Gasteiger charge is 2.54. The smallest absolute Gasteiger partial charge is 0.410 e. The standard InChI is InChI=1S/C42H62FN5O10/c1-11-31-37-33(48(41(53)57-37)17-13-12-16-47-21-29(45-22-47)28-14-15-32(43)44-20-28)25(4)34(49)23(2)19-42(7,54-10)38(26(5)35(50)27(6)39(52)56-31)58-40-36(51)30(46(8)9)18-24(3)55-40/h14-15,20-27,30-31,33,36-38,40,51H,11-13,16-19H2,1-10H3/t23-,24-,25-,26+,27-,30+,31-,33-,36-,37-,38-,40+,42-/m1/s1. The van der Waals surface area contributed by atoms with Crippen molar-refractivity contribution < 1.29 is 52.4 Å². The van der Waals surface area contributed by atoms with Gasteiger partial charge in [-0.25, -0.2) is 14.8 Å². The largest absolute Gasteiger partial charge is 0.458 e. The molecule has 15 nitrogen and oxygen atoms in total. The van der Waals surface area contributed by atoms with E-state index in [1.54, 1.807) is 51.9 Å². The number of aryl methyl sites for hydroxylation is 1. The van der Waals surface area contributed by atoms with Crippen molar-refractivity contribution in [2.24, 2.45) is 23.7 Å². The number of imidazole rings is 1. The molecule has 0 aliphatic carbocycles. The lowest BCUT2D eigenvalue weighted by Gasteiger charge is -2.47. The summed E-state index contributed by atoms with van der Waals surface area (Å²) in [5.74, 6) is -5.57. The van der Waals surface area contributed by atoms with Crippen molar-refractivity contribution in [1.29, 1.82) is 0 Å². The van der Waals surface area contributed by atoms with Gasteiger partial charge >= 0.3 is 12.1 Å². The number of fused-ring (bicyclic) bond motifs is 1. The molecule has 3 saturated heterocycles. The Kier molecular flexibility index (Phi) is 14.9. The van der Waals surface area contributed by atoms with E-state index in [2.05, 4.69) is 9.97 Å². The first-order chi connectivity index (χ1) is 27.4. The van der Waals surface area contributed by atoms with Crippen LogP contribution in [0.25, 0.3) is 11.3 Å². The number of carbonyl (C=O) groups is 4. The SMILES string of the molecule is CC[C@H]1OC(=O)[C@H](C)C(=O)[C@H](C)[C@@H](O[C@@H]2O[C@H](C)C[C@H](N(C)C)[C@H]2O)[C@](C)(OC)C[C@@H](C)C(=O)[C@H](C)[C@@H]2[C@@H]1OC(=O)N2CCCCn1cnc(-c2ccc(F)nc2)c1. The maximum Gasteiger partial charge on any atom is 0.410 e. The van der Waals surface area contributed by atoms with Crippen LogP contribution in [0.5, 0.6) is 0 Å². The maximum atomic E-state index is 14.6.